The Balaban J connectivity index is 1.19. The van der Waals surface area contributed by atoms with E-state index in [0.717, 1.165) is 43.1 Å². The number of nitrogens with one attached hydrogen (secondary N) is 2. The summed E-state index contributed by atoms with van der Waals surface area (Å²) in [6.07, 6.45) is 6.71. The van der Waals surface area contributed by atoms with Gasteiger partial charge in [0.2, 0.25) is 5.91 Å². The molecule has 178 valence electrons. The number of carbonyl (C=O) groups is 2. The molecule has 1 aromatic carbocycles. The first kappa shape index (κ1) is 23.4. The first-order valence-electron chi connectivity index (χ1n) is 11.8. The number of ether oxygens (including phenoxy) is 1. The Morgan fingerprint density at radius 2 is 1.94 bits per heavy atom. The Kier molecular flexibility index (Phi) is 8.04. The maximum absolute atomic E-state index is 12.7. The second-order valence-electron chi connectivity index (χ2n) is 8.65. The summed E-state index contributed by atoms with van der Waals surface area (Å²) in [6.45, 7) is 3.03. The molecule has 1 saturated carbocycles. The van der Waals surface area contributed by atoms with Gasteiger partial charge in [-0.25, -0.2) is 9.78 Å². The minimum absolute atomic E-state index is 0.151. The number of nitrogens with zero attached hydrogens (tertiary/aromatic N) is 3. The van der Waals surface area contributed by atoms with E-state index < -0.39 is 0 Å². The van der Waals surface area contributed by atoms with Gasteiger partial charge in [0.1, 0.15) is 5.75 Å². The number of aryl methyl sites for hydroxylation is 1. The molecule has 0 spiro atoms. The molecule has 33 heavy (non-hydrogen) atoms. The number of piperazine rings is 1. The number of urea groups is 1. The average Bonchev–Trinajstić information content (AvgIpc) is 3.30. The number of amides is 3. The molecule has 2 heterocycles. The fraction of sp³-hybridized carbons (Fsp3) is 0.542. The van der Waals surface area contributed by atoms with Crippen molar-refractivity contribution in [2.75, 3.05) is 43.5 Å². The van der Waals surface area contributed by atoms with Crippen LogP contribution in [-0.2, 0) is 11.2 Å². The lowest BCUT2D eigenvalue weighted by Gasteiger charge is -2.36. The number of hydrogen-bond acceptors (Lipinski definition) is 6. The van der Waals surface area contributed by atoms with Crippen molar-refractivity contribution in [3.63, 3.8) is 0 Å². The van der Waals surface area contributed by atoms with E-state index in [9.17, 15) is 9.59 Å². The number of benzene rings is 1. The minimum atomic E-state index is -0.187. The number of carbonyl (C=O) groups excluding carboxylic acids is 2. The largest absolute Gasteiger partial charge is 0.497 e. The highest BCUT2D eigenvalue weighted by Gasteiger charge is 2.22. The third kappa shape index (κ3) is 6.60. The molecule has 1 saturated heterocycles. The first-order valence-corrected chi connectivity index (χ1v) is 12.7. The van der Waals surface area contributed by atoms with E-state index in [1.54, 1.807) is 7.11 Å². The molecular formula is C24H33N5O3S. The smallest absolute Gasteiger partial charge is 0.321 e. The van der Waals surface area contributed by atoms with Crippen molar-refractivity contribution in [1.29, 1.82) is 0 Å². The molecule has 0 unspecified atom stereocenters. The van der Waals surface area contributed by atoms with Gasteiger partial charge in [-0.3, -0.25) is 10.1 Å². The predicted octanol–water partition coefficient (Wildman–Crippen LogP) is 3.89. The zero-order valence-electron chi connectivity index (χ0n) is 19.2. The number of anilines is 2. The van der Waals surface area contributed by atoms with Gasteiger partial charge in [-0.05, 0) is 31.4 Å². The van der Waals surface area contributed by atoms with Crippen molar-refractivity contribution in [1.82, 2.24) is 15.2 Å². The molecule has 0 atom stereocenters. The molecular weight excluding hydrogens is 438 g/mol. The van der Waals surface area contributed by atoms with Crippen LogP contribution in [0.4, 0.5) is 15.6 Å². The summed E-state index contributed by atoms with van der Waals surface area (Å²) in [5, 5.41) is 8.38. The van der Waals surface area contributed by atoms with Gasteiger partial charge in [0.05, 0.1) is 12.8 Å². The lowest BCUT2D eigenvalue weighted by molar-refractivity contribution is -0.131. The Labute approximate surface area is 199 Å². The molecule has 4 rings (SSSR count). The van der Waals surface area contributed by atoms with Crippen molar-refractivity contribution >= 4 is 34.1 Å². The Morgan fingerprint density at radius 3 is 2.70 bits per heavy atom. The van der Waals surface area contributed by atoms with Gasteiger partial charge in [0, 0.05) is 55.8 Å². The van der Waals surface area contributed by atoms with E-state index >= 15 is 0 Å². The summed E-state index contributed by atoms with van der Waals surface area (Å²) >= 11 is 1.40. The lowest BCUT2D eigenvalue weighted by atomic mass is 9.96. The van der Waals surface area contributed by atoms with Crippen LogP contribution >= 0.6 is 11.3 Å². The minimum Gasteiger partial charge on any atom is -0.497 e. The van der Waals surface area contributed by atoms with Crippen LogP contribution in [0.1, 0.15) is 44.2 Å². The number of aromatic nitrogens is 1. The first-order chi connectivity index (χ1) is 16.1. The third-order valence-electron chi connectivity index (χ3n) is 6.36. The van der Waals surface area contributed by atoms with Gasteiger partial charge in [-0.1, -0.05) is 25.3 Å². The van der Waals surface area contributed by atoms with Gasteiger partial charge < -0.3 is 19.9 Å². The van der Waals surface area contributed by atoms with Crippen LogP contribution in [0.3, 0.4) is 0 Å². The number of hydrogen-bond donors (Lipinski definition) is 2. The maximum Gasteiger partial charge on any atom is 0.321 e. The summed E-state index contributed by atoms with van der Waals surface area (Å²) in [4.78, 5) is 33.6. The molecule has 8 nitrogen and oxygen atoms in total. The molecule has 2 aliphatic rings. The van der Waals surface area contributed by atoms with Crippen LogP contribution in [0.5, 0.6) is 5.75 Å². The highest BCUT2D eigenvalue weighted by atomic mass is 32.1. The number of rotatable bonds is 7. The fourth-order valence-electron chi connectivity index (χ4n) is 4.46. The molecule has 1 aliphatic carbocycles. The van der Waals surface area contributed by atoms with Crippen molar-refractivity contribution in [2.45, 2.75) is 51.0 Å². The zero-order valence-corrected chi connectivity index (χ0v) is 20.0. The van der Waals surface area contributed by atoms with Crippen molar-refractivity contribution in [2.24, 2.45) is 0 Å². The fourth-order valence-corrected chi connectivity index (χ4v) is 5.20. The van der Waals surface area contributed by atoms with Crippen LogP contribution in [-0.4, -0.2) is 61.2 Å². The van der Waals surface area contributed by atoms with Crippen molar-refractivity contribution < 1.29 is 14.3 Å². The summed E-state index contributed by atoms with van der Waals surface area (Å²) in [7, 11) is 1.67. The summed E-state index contributed by atoms with van der Waals surface area (Å²) in [6, 6.07) is 8.10. The van der Waals surface area contributed by atoms with Crippen LogP contribution in [0, 0.1) is 0 Å². The Hall–Kier alpha value is -2.81. The molecule has 0 radical (unpaired) electrons. The average molecular weight is 472 g/mol. The van der Waals surface area contributed by atoms with Gasteiger partial charge in [-0.15, -0.1) is 11.3 Å². The second-order valence-corrected chi connectivity index (χ2v) is 9.50. The van der Waals surface area contributed by atoms with Gasteiger partial charge in [-0.2, -0.15) is 0 Å². The second kappa shape index (κ2) is 11.4. The molecule has 3 amide bonds. The molecule has 2 fully saturated rings. The standard InChI is InChI=1S/C24H33N5O3S/c1-32-21-9-5-8-20(16-21)28-12-14-29(15-13-28)22(30)11-10-19-17-33-24(26-19)27-23(31)25-18-6-3-2-4-7-18/h5,8-9,16-18H,2-4,6-7,10-15H2,1H3,(H2,25,26,27,31). The van der Waals surface area contributed by atoms with Crippen LogP contribution < -0.4 is 20.3 Å². The van der Waals surface area contributed by atoms with E-state index in [1.807, 2.05) is 28.5 Å². The Bertz CT molecular complexity index is 936. The van der Waals surface area contributed by atoms with Crippen LogP contribution in [0.2, 0.25) is 0 Å². The molecule has 1 aliphatic heterocycles. The van der Waals surface area contributed by atoms with E-state index in [-0.39, 0.29) is 18.0 Å². The van der Waals surface area contributed by atoms with E-state index in [4.69, 9.17) is 4.74 Å². The normalized spacial score (nSPS) is 17.0. The molecule has 2 N–H and O–H groups in total. The lowest BCUT2D eigenvalue weighted by Crippen LogP contribution is -2.48. The zero-order chi connectivity index (χ0) is 23.0. The SMILES string of the molecule is COc1cccc(N2CCN(C(=O)CCc3csc(NC(=O)NC4CCCCC4)n3)CC2)c1. The van der Waals surface area contributed by atoms with E-state index in [1.165, 1.54) is 30.6 Å². The Morgan fingerprint density at radius 1 is 1.15 bits per heavy atom. The van der Waals surface area contributed by atoms with E-state index in [2.05, 4.69) is 26.6 Å². The van der Waals surface area contributed by atoms with Crippen LogP contribution in [0.25, 0.3) is 0 Å². The monoisotopic (exact) mass is 471 g/mol. The van der Waals surface area contributed by atoms with Gasteiger partial charge >= 0.3 is 6.03 Å². The summed E-state index contributed by atoms with van der Waals surface area (Å²) in [5.41, 5.74) is 1.97. The summed E-state index contributed by atoms with van der Waals surface area (Å²) < 4.78 is 5.31. The van der Waals surface area contributed by atoms with Gasteiger partial charge in [0.15, 0.2) is 5.13 Å². The highest BCUT2D eigenvalue weighted by Crippen LogP contribution is 2.23. The quantitative estimate of drug-likeness (QED) is 0.640. The van der Waals surface area contributed by atoms with Gasteiger partial charge in [0.25, 0.3) is 0 Å². The maximum atomic E-state index is 12.7. The number of methoxy groups -OCH3 is 1. The highest BCUT2D eigenvalue weighted by molar-refractivity contribution is 7.13. The van der Waals surface area contributed by atoms with E-state index in [0.29, 0.717) is 31.1 Å². The molecule has 9 heteroatoms. The molecule has 1 aromatic heterocycles. The van der Waals surface area contributed by atoms with Crippen molar-refractivity contribution in [3.8, 4) is 5.75 Å². The predicted molar refractivity (Wildman–Crippen MR) is 131 cm³/mol. The summed E-state index contributed by atoms with van der Waals surface area (Å²) in [5.74, 6) is 0.993. The molecule has 2 aromatic rings. The van der Waals surface area contributed by atoms with Crippen molar-refractivity contribution in [3.05, 3.63) is 35.3 Å². The third-order valence-corrected chi connectivity index (χ3v) is 7.16. The van der Waals surface area contributed by atoms with Crippen LogP contribution in [0.15, 0.2) is 29.6 Å². The molecule has 0 bridgehead atoms. The topological polar surface area (TPSA) is 86.8 Å². The number of thiazole rings is 1.